The maximum Gasteiger partial charge on any atom is 0.387 e. The normalized spacial score (nSPS) is 14.0. The molecule has 0 fully saturated rings. The lowest BCUT2D eigenvalue weighted by Crippen LogP contribution is -2.42. The summed E-state index contributed by atoms with van der Waals surface area (Å²) in [5.74, 6) is -0.697. The van der Waals surface area contributed by atoms with E-state index >= 15 is 0 Å². The minimum absolute atomic E-state index is 0.0101. The third kappa shape index (κ3) is 5.76. The van der Waals surface area contributed by atoms with Crippen molar-refractivity contribution in [3.8, 4) is 5.75 Å². The van der Waals surface area contributed by atoms with Crippen LogP contribution in [-0.2, 0) is 24.1 Å². The summed E-state index contributed by atoms with van der Waals surface area (Å²) in [7, 11) is 0. The van der Waals surface area contributed by atoms with Crippen molar-refractivity contribution < 1.29 is 23.1 Å². The Morgan fingerprint density at radius 3 is 2.46 bits per heavy atom. The average Bonchev–Trinajstić information content (AvgIpc) is 3.03. The van der Waals surface area contributed by atoms with Gasteiger partial charge in [0.05, 0.1) is 11.3 Å². The van der Waals surface area contributed by atoms with Gasteiger partial charge >= 0.3 is 6.61 Å². The predicted octanol–water partition coefficient (Wildman–Crippen LogP) is 4.01. The second-order valence-corrected chi connectivity index (χ2v) is 7.81. The van der Waals surface area contributed by atoms with Crippen molar-refractivity contribution in [1.82, 2.24) is 10.9 Å². The Hall–Kier alpha value is -2.48. The smallest absolute Gasteiger partial charge is 0.387 e. The maximum atomic E-state index is 12.3. The summed E-state index contributed by atoms with van der Waals surface area (Å²) >= 11 is 1.49. The van der Waals surface area contributed by atoms with Crippen molar-refractivity contribution in [2.24, 2.45) is 0 Å². The van der Waals surface area contributed by atoms with Crippen molar-refractivity contribution in [1.29, 1.82) is 0 Å². The highest BCUT2D eigenvalue weighted by Gasteiger charge is 2.16. The van der Waals surface area contributed by atoms with Gasteiger partial charge < -0.3 is 4.74 Å². The first-order valence-corrected chi connectivity index (χ1v) is 10.1. The van der Waals surface area contributed by atoms with E-state index in [-0.39, 0.29) is 18.1 Å². The number of alkyl halides is 2. The fraction of sp³-hybridized carbons (Fsp3) is 0.400. The molecule has 2 aromatic rings. The van der Waals surface area contributed by atoms with E-state index in [1.54, 1.807) is 0 Å². The second kappa shape index (κ2) is 9.64. The standard InChI is InChI=1S/C20H22F2N2O3S/c21-20(22)27-15-9-7-13(8-10-15)11-18(25)23-24-19(26)17-12-14-5-3-1-2-4-6-16(14)28-17/h7-10,12,20H,1-6,11H2,(H,23,25)(H,24,26). The van der Waals surface area contributed by atoms with Gasteiger partial charge in [0.25, 0.3) is 5.91 Å². The summed E-state index contributed by atoms with van der Waals surface area (Å²) in [6.07, 6.45) is 6.75. The lowest BCUT2D eigenvalue weighted by Gasteiger charge is -2.08. The Labute approximate surface area is 166 Å². The lowest BCUT2D eigenvalue weighted by atomic mass is 10.00. The van der Waals surface area contributed by atoms with Crippen LogP contribution < -0.4 is 15.6 Å². The third-order valence-corrected chi connectivity index (χ3v) is 5.78. The molecule has 1 aromatic heterocycles. The average molecular weight is 408 g/mol. The minimum atomic E-state index is -2.89. The molecule has 1 aromatic carbocycles. The molecular formula is C20H22F2N2O3S. The summed E-state index contributed by atoms with van der Waals surface area (Å²) in [5, 5.41) is 0. The summed E-state index contributed by atoms with van der Waals surface area (Å²) in [6, 6.07) is 7.72. The van der Waals surface area contributed by atoms with Crippen molar-refractivity contribution in [2.45, 2.75) is 51.6 Å². The molecule has 28 heavy (non-hydrogen) atoms. The number of halogens is 2. The SMILES string of the molecule is O=C(Cc1ccc(OC(F)F)cc1)NNC(=O)c1cc2c(s1)CCCCCC2. The molecule has 5 nitrogen and oxygen atoms in total. The van der Waals surface area contributed by atoms with Crippen molar-refractivity contribution in [3.05, 3.63) is 51.2 Å². The first kappa shape index (κ1) is 20.3. The molecule has 0 aliphatic heterocycles. The number of amides is 2. The van der Waals surface area contributed by atoms with Crippen LogP contribution in [0.1, 0.15) is 51.4 Å². The van der Waals surface area contributed by atoms with Crippen LogP contribution in [0.2, 0.25) is 0 Å². The fourth-order valence-corrected chi connectivity index (χ4v) is 4.31. The van der Waals surface area contributed by atoms with E-state index in [0.717, 1.165) is 25.7 Å². The molecule has 0 atom stereocenters. The van der Waals surface area contributed by atoms with Gasteiger partial charge in [-0.2, -0.15) is 8.78 Å². The number of aryl methyl sites for hydroxylation is 2. The lowest BCUT2D eigenvalue weighted by molar-refractivity contribution is -0.121. The molecule has 1 heterocycles. The number of fused-ring (bicyclic) bond motifs is 1. The van der Waals surface area contributed by atoms with Crippen LogP contribution in [0.15, 0.2) is 30.3 Å². The molecule has 1 aliphatic carbocycles. The van der Waals surface area contributed by atoms with Crippen molar-refractivity contribution in [2.75, 3.05) is 0 Å². The van der Waals surface area contributed by atoms with Gasteiger partial charge in [-0.1, -0.05) is 25.0 Å². The Bertz CT molecular complexity index is 796. The first-order chi connectivity index (χ1) is 13.5. The highest BCUT2D eigenvalue weighted by atomic mass is 32.1. The summed E-state index contributed by atoms with van der Waals surface area (Å²) in [5.41, 5.74) is 6.70. The van der Waals surface area contributed by atoms with Gasteiger partial charge in [-0.25, -0.2) is 0 Å². The van der Waals surface area contributed by atoms with E-state index in [0.29, 0.717) is 10.4 Å². The number of carbonyl (C=O) groups is 2. The highest BCUT2D eigenvalue weighted by molar-refractivity contribution is 7.14. The monoisotopic (exact) mass is 408 g/mol. The van der Waals surface area contributed by atoms with Crippen LogP contribution in [0.25, 0.3) is 0 Å². The topological polar surface area (TPSA) is 67.4 Å². The zero-order valence-electron chi connectivity index (χ0n) is 15.3. The van der Waals surface area contributed by atoms with Gasteiger partial charge in [0.1, 0.15) is 5.75 Å². The Morgan fingerprint density at radius 2 is 1.75 bits per heavy atom. The van der Waals surface area contributed by atoms with Crippen molar-refractivity contribution >= 4 is 23.2 Å². The van der Waals surface area contributed by atoms with E-state index in [1.807, 2.05) is 6.07 Å². The number of benzene rings is 1. The molecule has 8 heteroatoms. The van der Waals surface area contributed by atoms with Crippen LogP contribution in [0, 0.1) is 0 Å². The van der Waals surface area contributed by atoms with Gasteiger partial charge in [0, 0.05) is 4.88 Å². The number of hydrogen-bond acceptors (Lipinski definition) is 4. The number of hydrazine groups is 1. The molecule has 0 spiro atoms. The maximum absolute atomic E-state index is 12.3. The van der Waals surface area contributed by atoms with Gasteiger partial charge in [-0.3, -0.25) is 20.4 Å². The molecule has 0 saturated heterocycles. The van der Waals surface area contributed by atoms with E-state index in [9.17, 15) is 18.4 Å². The Kier molecular flexibility index (Phi) is 6.97. The van der Waals surface area contributed by atoms with E-state index in [2.05, 4.69) is 15.6 Å². The molecule has 2 N–H and O–H groups in total. The van der Waals surface area contributed by atoms with Gasteiger partial charge in [-0.05, 0) is 55.0 Å². The molecule has 0 unspecified atom stereocenters. The number of thiophene rings is 1. The number of carbonyl (C=O) groups excluding carboxylic acids is 2. The van der Waals surface area contributed by atoms with Crippen molar-refractivity contribution in [3.63, 3.8) is 0 Å². The van der Waals surface area contributed by atoms with Crippen LogP contribution in [-0.4, -0.2) is 18.4 Å². The van der Waals surface area contributed by atoms with Gasteiger partial charge in [0.2, 0.25) is 5.91 Å². The highest BCUT2D eigenvalue weighted by Crippen LogP contribution is 2.28. The molecule has 0 bridgehead atoms. The number of hydrogen-bond donors (Lipinski definition) is 2. The number of rotatable bonds is 5. The first-order valence-electron chi connectivity index (χ1n) is 9.26. The van der Waals surface area contributed by atoms with Crippen LogP contribution >= 0.6 is 11.3 Å². The molecule has 3 rings (SSSR count). The number of ether oxygens (including phenoxy) is 1. The molecule has 0 radical (unpaired) electrons. The van der Waals surface area contributed by atoms with E-state index < -0.39 is 12.5 Å². The summed E-state index contributed by atoms with van der Waals surface area (Å²) in [4.78, 5) is 26.2. The second-order valence-electron chi connectivity index (χ2n) is 6.67. The van der Waals surface area contributed by atoms with Gasteiger partial charge in [0.15, 0.2) is 0 Å². The minimum Gasteiger partial charge on any atom is -0.435 e. The zero-order chi connectivity index (χ0) is 19.9. The molecular weight excluding hydrogens is 386 g/mol. The molecule has 0 saturated carbocycles. The van der Waals surface area contributed by atoms with Crippen LogP contribution in [0.4, 0.5) is 8.78 Å². The Morgan fingerprint density at radius 1 is 1.04 bits per heavy atom. The summed E-state index contributed by atoms with van der Waals surface area (Å²) in [6.45, 7) is -2.89. The third-order valence-electron chi connectivity index (χ3n) is 4.55. The predicted molar refractivity (Wildman–Crippen MR) is 103 cm³/mol. The molecule has 2 amide bonds. The van der Waals surface area contributed by atoms with E-state index in [4.69, 9.17) is 0 Å². The quantitative estimate of drug-likeness (QED) is 0.735. The van der Waals surface area contributed by atoms with Crippen LogP contribution in [0.3, 0.4) is 0 Å². The largest absolute Gasteiger partial charge is 0.435 e. The van der Waals surface area contributed by atoms with Gasteiger partial charge in [-0.15, -0.1) is 11.3 Å². The van der Waals surface area contributed by atoms with E-state index in [1.165, 1.54) is 58.9 Å². The Balaban J connectivity index is 1.50. The molecule has 1 aliphatic rings. The fourth-order valence-electron chi connectivity index (χ4n) is 3.16. The molecule has 150 valence electrons. The number of nitrogens with one attached hydrogen (secondary N) is 2. The summed E-state index contributed by atoms with van der Waals surface area (Å²) < 4.78 is 28.5. The zero-order valence-corrected chi connectivity index (χ0v) is 16.1. The van der Waals surface area contributed by atoms with Crippen LogP contribution in [0.5, 0.6) is 5.75 Å².